The van der Waals surface area contributed by atoms with Crippen molar-refractivity contribution >= 4 is 17.7 Å². The van der Waals surface area contributed by atoms with Crippen molar-refractivity contribution in [3.8, 4) is 11.4 Å². The molecule has 1 aliphatic heterocycles. The largest absolute Gasteiger partial charge is 0.342 e. The van der Waals surface area contributed by atoms with Crippen molar-refractivity contribution in [2.24, 2.45) is 5.92 Å². The molecular weight excluding hydrogens is 332 g/mol. The first-order chi connectivity index (χ1) is 12.1. The molecule has 3 rings (SSSR count). The maximum atomic E-state index is 12.6. The third kappa shape index (κ3) is 4.42. The van der Waals surface area contributed by atoms with Crippen LogP contribution in [-0.4, -0.2) is 44.3 Å². The number of hydrogen-bond acceptors (Lipinski definition) is 4. The number of aromatic nitrogens is 3. The van der Waals surface area contributed by atoms with E-state index in [9.17, 15) is 4.79 Å². The molecule has 0 saturated carbocycles. The molecule has 0 aliphatic carbocycles. The fourth-order valence-corrected chi connectivity index (χ4v) is 3.83. The van der Waals surface area contributed by atoms with Gasteiger partial charge in [0.25, 0.3) is 0 Å². The Kier molecular flexibility index (Phi) is 5.78. The van der Waals surface area contributed by atoms with Gasteiger partial charge < -0.3 is 4.90 Å². The van der Waals surface area contributed by atoms with Crippen molar-refractivity contribution in [2.45, 2.75) is 50.4 Å². The highest BCUT2D eigenvalue weighted by atomic mass is 32.2. The number of hydrogen-bond donors (Lipinski definition) is 1. The molecule has 6 heteroatoms. The van der Waals surface area contributed by atoms with Gasteiger partial charge in [-0.2, -0.15) is 0 Å². The molecular formula is C19H26N4OS. The predicted octanol–water partition coefficient (Wildman–Crippen LogP) is 3.77. The normalized spacial score (nSPS) is 16.8. The van der Waals surface area contributed by atoms with Crippen LogP contribution in [-0.2, 0) is 11.2 Å². The first-order valence-electron chi connectivity index (χ1n) is 9.04. The molecule has 1 fully saturated rings. The molecule has 1 N–H and O–H groups in total. The molecule has 1 amide bonds. The standard InChI is InChI=1S/C19H26N4OS/c1-4-15-5-7-16(8-6-15)17-20-19(22-21-17)25-14(3)18(24)23-11-9-13(2)10-12-23/h5-8,13-14H,4,9-12H2,1-3H3,(H,20,21,22). The van der Waals surface area contributed by atoms with Crippen LogP contribution in [0.1, 0.15) is 39.2 Å². The lowest BCUT2D eigenvalue weighted by molar-refractivity contribution is -0.131. The minimum atomic E-state index is -0.167. The van der Waals surface area contributed by atoms with Gasteiger partial charge in [-0.15, -0.1) is 5.10 Å². The van der Waals surface area contributed by atoms with Gasteiger partial charge in [0.15, 0.2) is 5.82 Å². The number of piperidine rings is 1. The van der Waals surface area contributed by atoms with Gasteiger partial charge in [0.1, 0.15) is 0 Å². The SMILES string of the molecule is CCc1ccc(-c2nc(SC(C)C(=O)N3CCC(C)CC3)n[nH]2)cc1. The number of nitrogens with one attached hydrogen (secondary N) is 1. The van der Waals surface area contributed by atoms with Crippen molar-refractivity contribution < 1.29 is 4.79 Å². The Labute approximate surface area is 153 Å². The zero-order chi connectivity index (χ0) is 17.8. The van der Waals surface area contributed by atoms with E-state index in [2.05, 4.69) is 53.3 Å². The second-order valence-corrected chi connectivity index (χ2v) is 8.09. The van der Waals surface area contributed by atoms with Crippen LogP contribution in [0.3, 0.4) is 0 Å². The van der Waals surface area contributed by atoms with Crippen LogP contribution >= 0.6 is 11.8 Å². The zero-order valence-electron chi connectivity index (χ0n) is 15.2. The average molecular weight is 359 g/mol. The van der Waals surface area contributed by atoms with Crippen LogP contribution in [0, 0.1) is 5.92 Å². The van der Waals surface area contributed by atoms with Crippen molar-refractivity contribution in [1.29, 1.82) is 0 Å². The van der Waals surface area contributed by atoms with E-state index in [0.717, 1.165) is 49.7 Å². The number of aromatic amines is 1. The molecule has 134 valence electrons. The van der Waals surface area contributed by atoms with Crippen molar-refractivity contribution in [3.63, 3.8) is 0 Å². The number of H-pyrrole nitrogens is 1. The molecule has 5 nitrogen and oxygen atoms in total. The van der Waals surface area contributed by atoms with Crippen LogP contribution in [0.2, 0.25) is 0 Å². The number of rotatable bonds is 5. The number of thioether (sulfide) groups is 1. The maximum Gasteiger partial charge on any atom is 0.235 e. The number of carbonyl (C=O) groups is 1. The number of amides is 1. The predicted molar refractivity (Wildman–Crippen MR) is 101 cm³/mol. The van der Waals surface area contributed by atoms with Crippen LogP contribution in [0.25, 0.3) is 11.4 Å². The summed E-state index contributed by atoms with van der Waals surface area (Å²) in [4.78, 5) is 19.1. The second kappa shape index (κ2) is 8.04. The van der Waals surface area contributed by atoms with Crippen LogP contribution < -0.4 is 0 Å². The molecule has 1 unspecified atom stereocenters. The summed E-state index contributed by atoms with van der Waals surface area (Å²) in [5.74, 6) is 1.66. The fraction of sp³-hybridized carbons (Fsp3) is 0.526. The molecule has 25 heavy (non-hydrogen) atoms. The summed E-state index contributed by atoms with van der Waals surface area (Å²) in [7, 11) is 0. The molecule has 1 atom stereocenters. The van der Waals surface area contributed by atoms with E-state index in [4.69, 9.17) is 0 Å². The Morgan fingerprint density at radius 2 is 2.00 bits per heavy atom. The molecule has 1 aromatic carbocycles. The van der Waals surface area contributed by atoms with Gasteiger partial charge >= 0.3 is 0 Å². The lowest BCUT2D eigenvalue weighted by Crippen LogP contribution is -2.41. The van der Waals surface area contributed by atoms with Gasteiger partial charge in [-0.1, -0.05) is 49.9 Å². The lowest BCUT2D eigenvalue weighted by atomic mass is 9.99. The van der Waals surface area contributed by atoms with Crippen molar-refractivity contribution in [1.82, 2.24) is 20.1 Å². The van der Waals surface area contributed by atoms with E-state index >= 15 is 0 Å². The lowest BCUT2D eigenvalue weighted by Gasteiger charge is -2.31. The molecule has 1 aromatic heterocycles. The number of aryl methyl sites for hydroxylation is 1. The molecule has 0 radical (unpaired) electrons. The van der Waals surface area contributed by atoms with Crippen molar-refractivity contribution in [3.05, 3.63) is 29.8 Å². The summed E-state index contributed by atoms with van der Waals surface area (Å²) in [5, 5.41) is 7.71. The third-order valence-corrected chi connectivity index (χ3v) is 5.77. The van der Waals surface area contributed by atoms with E-state index in [1.807, 2.05) is 11.8 Å². The number of likely N-dealkylation sites (tertiary alicyclic amines) is 1. The van der Waals surface area contributed by atoms with Gasteiger partial charge in [0, 0.05) is 18.7 Å². The van der Waals surface area contributed by atoms with Gasteiger partial charge in [0.05, 0.1) is 5.25 Å². The Morgan fingerprint density at radius 1 is 1.32 bits per heavy atom. The van der Waals surface area contributed by atoms with Gasteiger partial charge in [-0.05, 0) is 37.7 Å². The van der Waals surface area contributed by atoms with E-state index < -0.39 is 0 Å². The topological polar surface area (TPSA) is 61.9 Å². The highest BCUT2D eigenvalue weighted by Crippen LogP contribution is 2.25. The maximum absolute atomic E-state index is 12.6. The van der Waals surface area contributed by atoms with Crippen LogP contribution in [0.15, 0.2) is 29.4 Å². The Bertz CT molecular complexity index is 704. The number of benzene rings is 1. The van der Waals surface area contributed by atoms with Crippen molar-refractivity contribution in [2.75, 3.05) is 13.1 Å². The summed E-state index contributed by atoms with van der Waals surface area (Å²) in [6.45, 7) is 8.07. The average Bonchev–Trinajstić information content (AvgIpc) is 3.10. The monoisotopic (exact) mass is 358 g/mol. The molecule has 2 aromatic rings. The molecule has 0 bridgehead atoms. The van der Waals surface area contributed by atoms with E-state index in [0.29, 0.717) is 5.16 Å². The fourth-order valence-electron chi connectivity index (χ4n) is 3.02. The quantitative estimate of drug-likeness (QED) is 0.827. The van der Waals surface area contributed by atoms with Gasteiger partial charge in [-0.3, -0.25) is 9.89 Å². The second-order valence-electron chi connectivity index (χ2n) is 6.78. The van der Waals surface area contributed by atoms with Gasteiger partial charge in [0.2, 0.25) is 11.1 Å². The summed E-state index contributed by atoms with van der Waals surface area (Å²) in [6, 6.07) is 8.32. The zero-order valence-corrected chi connectivity index (χ0v) is 16.0. The number of nitrogens with zero attached hydrogens (tertiary/aromatic N) is 3. The molecule has 1 saturated heterocycles. The van der Waals surface area contributed by atoms with E-state index in [-0.39, 0.29) is 11.2 Å². The first kappa shape index (κ1) is 18.0. The van der Waals surface area contributed by atoms with Crippen LogP contribution in [0.4, 0.5) is 0 Å². The third-order valence-electron chi connectivity index (χ3n) is 4.83. The summed E-state index contributed by atoms with van der Waals surface area (Å²) in [6.07, 6.45) is 3.22. The minimum Gasteiger partial charge on any atom is -0.342 e. The Hall–Kier alpha value is -1.82. The highest BCUT2D eigenvalue weighted by molar-refractivity contribution is 8.00. The Balaban J connectivity index is 1.61. The highest BCUT2D eigenvalue weighted by Gasteiger charge is 2.26. The summed E-state index contributed by atoms with van der Waals surface area (Å²) < 4.78 is 0. The van der Waals surface area contributed by atoms with Crippen LogP contribution in [0.5, 0.6) is 0 Å². The van der Waals surface area contributed by atoms with E-state index in [1.165, 1.54) is 17.3 Å². The smallest absolute Gasteiger partial charge is 0.235 e. The molecule has 2 heterocycles. The minimum absolute atomic E-state index is 0.167. The molecule has 1 aliphatic rings. The number of carbonyl (C=O) groups excluding carboxylic acids is 1. The first-order valence-corrected chi connectivity index (χ1v) is 9.92. The van der Waals surface area contributed by atoms with E-state index in [1.54, 1.807) is 0 Å². The Morgan fingerprint density at radius 3 is 2.64 bits per heavy atom. The summed E-state index contributed by atoms with van der Waals surface area (Å²) >= 11 is 1.42. The molecule has 0 spiro atoms. The van der Waals surface area contributed by atoms with Gasteiger partial charge in [-0.25, -0.2) is 4.98 Å². The summed E-state index contributed by atoms with van der Waals surface area (Å²) in [5.41, 5.74) is 2.31.